The van der Waals surface area contributed by atoms with Crippen LogP contribution < -0.4 is 4.90 Å². The minimum Gasteiger partial charge on any atom is -0.371 e. The first-order valence-electron chi connectivity index (χ1n) is 11.6. The van der Waals surface area contributed by atoms with E-state index < -0.39 is 10.0 Å². The van der Waals surface area contributed by atoms with Crippen molar-refractivity contribution in [2.24, 2.45) is 0 Å². The first-order chi connectivity index (χ1) is 15.9. The topological polar surface area (TPSA) is 77.1 Å². The summed E-state index contributed by atoms with van der Waals surface area (Å²) in [6.07, 6.45) is 6.95. The Hall–Kier alpha value is -2.49. The molecule has 2 aromatic rings. The van der Waals surface area contributed by atoms with Crippen LogP contribution in [0.4, 0.5) is 5.69 Å². The second kappa shape index (κ2) is 10.2. The standard InChI is InChI=1S/C24H33N5O3S/c1-26(2)33(31,32)21-6-7-23(28-12-4-3-5-13-28)22(18-21)24(30)29-16-14-27(15-17-29)19-20-8-10-25-11-9-20/h6-11,18H,3-5,12-17,19H2,1-2H3. The molecule has 3 heterocycles. The van der Waals surface area contributed by atoms with Crippen LogP contribution in [-0.4, -0.2) is 86.8 Å². The molecule has 33 heavy (non-hydrogen) atoms. The lowest BCUT2D eigenvalue weighted by Crippen LogP contribution is -2.48. The lowest BCUT2D eigenvalue weighted by atomic mass is 10.1. The predicted molar refractivity (Wildman–Crippen MR) is 129 cm³/mol. The maximum Gasteiger partial charge on any atom is 0.256 e. The third-order valence-corrected chi connectivity index (χ3v) is 8.30. The van der Waals surface area contributed by atoms with Crippen molar-refractivity contribution >= 4 is 21.6 Å². The van der Waals surface area contributed by atoms with Gasteiger partial charge in [0.2, 0.25) is 10.0 Å². The highest BCUT2D eigenvalue weighted by molar-refractivity contribution is 7.89. The zero-order valence-electron chi connectivity index (χ0n) is 19.5. The van der Waals surface area contributed by atoms with E-state index in [0.29, 0.717) is 18.7 Å². The number of rotatable bonds is 6. The van der Waals surface area contributed by atoms with Gasteiger partial charge in [-0.25, -0.2) is 12.7 Å². The Morgan fingerprint density at radius 1 is 0.939 bits per heavy atom. The summed E-state index contributed by atoms with van der Waals surface area (Å²) in [5.41, 5.74) is 2.54. The Morgan fingerprint density at radius 3 is 2.24 bits per heavy atom. The van der Waals surface area contributed by atoms with Crippen LogP contribution in [0.3, 0.4) is 0 Å². The average Bonchev–Trinajstić information content (AvgIpc) is 2.85. The fraction of sp³-hybridized carbons (Fsp3) is 0.500. The van der Waals surface area contributed by atoms with Crippen LogP contribution in [0.2, 0.25) is 0 Å². The number of sulfonamides is 1. The van der Waals surface area contributed by atoms with Crippen molar-refractivity contribution in [2.75, 3.05) is 58.3 Å². The van der Waals surface area contributed by atoms with Gasteiger partial charge in [0.05, 0.1) is 10.5 Å². The monoisotopic (exact) mass is 471 g/mol. The Kier molecular flexibility index (Phi) is 7.31. The Balaban J connectivity index is 1.55. The van der Waals surface area contributed by atoms with Gasteiger partial charge in [-0.1, -0.05) is 0 Å². The van der Waals surface area contributed by atoms with Gasteiger partial charge in [0.25, 0.3) is 5.91 Å². The summed E-state index contributed by atoms with van der Waals surface area (Å²) in [6.45, 7) is 5.41. The molecule has 1 amide bonds. The number of nitrogens with zero attached hydrogens (tertiary/aromatic N) is 5. The van der Waals surface area contributed by atoms with Crippen molar-refractivity contribution in [3.63, 3.8) is 0 Å². The van der Waals surface area contributed by atoms with E-state index in [9.17, 15) is 13.2 Å². The summed E-state index contributed by atoms with van der Waals surface area (Å²) in [5, 5.41) is 0. The summed E-state index contributed by atoms with van der Waals surface area (Å²) >= 11 is 0. The molecule has 2 fully saturated rings. The number of pyridine rings is 1. The number of hydrogen-bond acceptors (Lipinski definition) is 6. The highest BCUT2D eigenvalue weighted by Crippen LogP contribution is 2.29. The lowest BCUT2D eigenvalue weighted by Gasteiger charge is -2.36. The largest absolute Gasteiger partial charge is 0.371 e. The van der Waals surface area contributed by atoms with Crippen LogP contribution in [0.5, 0.6) is 0 Å². The fourth-order valence-electron chi connectivity index (χ4n) is 4.49. The van der Waals surface area contributed by atoms with Gasteiger partial charge in [-0.15, -0.1) is 0 Å². The molecule has 0 unspecified atom stereocenters. The molecule has 1 aromatic carbocycles. The summed E-state index contributed by atoms with van der Waals surface area (Å²) < 4.78 is 26.7. The maximum atomic E-state index is 13.6. The number of carbonyl (C=O) groups excluding carboxylic acids is 1. The van der Waals surface area contributed by atoms with Crippen LogP contribution >= 0.6 is 0 Å². The molecule has 0 radical (unpaired) electrons. The molecule has 2 aliphatic heterocycles. The van der Waals surface area contributed by atoms with Crippen LogP contribution in [0.1, 0.15) is 35.2 Å². The van der Waals surface area contributed by atoms with Gasteiger partial charge in [0.1, 0.15) is 0 Å². The average molecular weight is 472 g/mol. The molecule has 0 bridgehead atoms. The first kappa shape index (κ1) is 23.7. The minimum atomic E-state index is -3.62. The summed E-state index contributed by atoms with van der Waals surface area (Å²) in [6, 6.07) is 9.04. The van der Waals surface area contributed by atoms with Gasteiger partial charge in [0.15, 0.2) is 0 Å². The number of anilines is 1. The molecule has 1 aromatic heterocycles. The van der Waals surface area contributed by atoms with Crippen molar-refractivity contribution in [3.8, 4) is 0 Å². The van der Waals surface area contributed by atoms with E-state index in [-0.39, 0.29) is 10.8 Å². The highest BCUT2D eigenvalue weighted by atomic mass is 32.2. The number of carbonyl (C=O) groups is 1. The van der Waals surface area contributed by atoms with Crippen molar-refractivity contribution in [1.82, 2.24) is 19.1 Å². The van der Waals surface area contributed by atoms with E-state index >= 15 is 0 Å². The third kappa shape index (κ3) is 5.37. The van der Waals surface area contributed by atoms with Crippen molar-refractivity contribution in [1.29, 1.82) is 0 Å². The zero-order valence-corrected chi connectivity index (χ0v) is 20.3. The van der Waals surface area contributed by atoms with E-state index in [4.69, 9.17) is 0 Å². The third-order valence-electron chi connectivity index (χ3n) is 6.49. The van der Waals surface area contributed by atoms with Gasteiger partial charge < -0.3 is 9.80 Å². The van der Waals surface area contributed by atoms with Crippen LogP contribution in [0.25, 0.3) is 0 Å². The molecule has 0 aliphatic carbocycles. The van der Waals surface area contributed by atoms with Crippen molar-refractivity contribution in [2.45, 2.75) is 30.7 Å². The summed E-state index contributed by atoms with van der Waals surface area (Å²) in [4.78, 5) is 24.3. The molecule has 2 aliphatic rings. The SMILES string of the molecule is CN(C)S(=O)(=O)c1ccc(N2CCCCC2)c(C(=O)N2CCN(Cc3ccncc3)CC2)c1. The van der Waals surface area contributed by atoms with Gasteiger partial charge in [-0.2, -0.15) is 0 Å². The molecular formula is C24H33N5O3S. The number of piperidine rings is 1. The molecule has 0 atom stereocenters. The van der Waals surface area contributed by atoms with Gasteiger partial charge in [-0.3, -0.25) is 14.7 Å². The predicted octanol–water partition coefficient (Wildman–Crippen LogP) is 2.28. The zero-order chi connectivity index (χ0) is 23.4. The second-order valence-corrected chi connectivity index (χ2v) is 11.1. The maximum absolute atomic E-state index is 13.6. The van der Waals surface area contributed by atoms with Crippen molar-refractivity contribution < 1.29 is 13.2 Å². The van der Waals surface area contributed by atoms with E-state index in [2.05, 4.69) is 14.8 Å². The van der Waals surface area contributed by atoms with Crippen LogP contribution in [0, 0.1) is 0 Å². The number of benzene rings is 1. The fourth-order valence-corrected chi connectivity index (χ4v) is 5.42. The first-order valence-corrected chi connectivity index (χ1v) is 13.0. The molecule has 9 heteroatoms. The molecule has 4 rings (SSSR count). The number of amides is 1. The number of aromatic nitrogens is 1. The lowest BCUT2D eigenvalue weighted by molar-refractivity contribution is 0.0628. The quantitative estimate of drug-likeness (QED) is 0.643. The highest BCUT2D eigenvalue weighted by Gasteiger charge is 2.28. The van der Waals surface area contributed by atoms with Gasteiger partial charge >= 0.3 is 0 Å². The molecule has 178 valence electrons. The summed E-state index contributed by atoms with van der Waals surface area (Å²) in [7, 11) is -0.601. The Bertz CT molecular complexity index is 1060. The Morgan fingerprint density at radius 2 is 1.61 bits per heavy atom. The van der Waals surface area contributed by atoms with E-state index in [0.717, 1.165) is 51.3 Å². The van der Waals surface area contributed by atoms with E-state index in [1.54, 1.807) is 24.5 Å². The number of hydrogen-bond donors (Lipinski definition) is 0. The number of piperazine rings is 1. The van der Waals surface area contributed by atoms with E-state index in [1.165, 1.54) is 30.4 Å². The molecule has 0 spiro atoms. The van der Waals surface area contributed by atoms with Crippen molar-refractivity contribution in [3.05, 3.63) is 53.9 Å². The molecule has 2 saturated heterocycles. The Labute approximate surface area is 196 Å². The van der Waals surface area contributed by atoms with Crippen LogP contribution in [-0.2, 0) is 16.6 Å². The second-order valence-electron chi connectivity index (χ2n) is 8.94. The minimum absolute atomic E-state index is 0.0880. The molecular weight excluding hydrogens is 438 g/mol. The van der Waals surface area contributed by atoms with Gasteiger partial charge in [-0.05, 0) is 55.2 Å². The van der Waals surface area contributed by atoms with Gasteiger partial charge in [0, 0.05) is 78.0 Å². The normalized spacial score (nSPS) is 18.0. The molecule has 8 nitrogen and oxygen atoms in total. The molecule has 0 N–H and O–H groups in total. The summed E-state index contributed by atoms with van der Waals surface area (Å²) in [5.74, 6) is -0.0880. The van der Waals surface area contributed by atoms with E-state index in [1.807, 2.05) is 23.1 Å². The van der Waals surface area contributed by atoms with Crippen LogP contribution in [0.15, 0.2) is 47.6 Å². The smallest absolute Gasteiger partial charge is 0.256 e. The molecule has 0 saturated carbocycles.